The Morgan fingerprint density at radius 2 is 2.04 bits per heavy atom. The third-order valence-electron chi connectivity index (χ3n) is 6.15. The molecule has 136 valence electrons. The van der Waals surface area contributed by atoms with Crippen LogP contribution in [0.4, 0.5) is 5.82 Å². The van der Waals surface area contributed by atoms with Crippen LogP contribution >= 0.6 is 11.3 Å². The molecule has 3 fully saturated rings. The number of carbonyl (C=O) groups is 1. The third kappa shape index (κ3) is 2.80. The van der Waals surface area contributed by atoms with E-state index in [-0.39, 0.29) is 11.9 Å². The first-order valence-corrected chi connectivity index (χ1v) is 10.6. The lowest BCUT2D eigenvalue weighted by molar-refractivity contribution is 0.0596. The number of amides is 1. The Labute approximate surface area is 158 Å². The SMILES string of the molecule is O=C(c1scc2c1CCCC2)N1CC2CCC1CN(c1cnccn1)C2. The molecule has 4 aliphatic rings. The van der Waals surface area contributed by atoms with Crippen molar-refractivity contribution in [1.82, 2.24) is 14.9 Å². The van der Waals surface area contributed by atoms with Crippen molar-refractivity contribution in [2.75, 3.05) is 24.5 Å². The summed E-state index contributed by atoms with van der Waals surface area (Å²) in [7, 11) is 0. The zero-order chi connectivity index (χ0) is 17.5. The fourth-order valence-corrected chi connectivity index (χ4v) is 5.92. The van der Waals surface area contributed by atoms with Crippen LogP contribution in [0.25, 0.3) is 0 Å². The summed E-state index contributed by atoms with van der Waals surface area (Å²) in [6, 6.07) is 0.282. The summed E-state index contributed by atoms with van der Waals surface area (Å²) in [5.74, 6) is 1.73. The fraction of sp³-hybridized carbons (Fsp3) is 0.550. The number of hydrogen-bond donors (Lipinski definition) is 0. The second kappa shape index (κ2) is 6.65. The van der Waals surface area contributed by atoms with Crippen LogP contribution in [-0.2, 0) is 12.8 Å². The molecule has 6 heteroatoms. The molecule has 2 unspecified atom stereocenters. The number of aromatic nitrogens is 2. The molecule has 0 spiro atoms. The highest BCUT2D eigenvalue weighted by atomic mass is 32.1. The van der Waals surface area contributed by atoms with Gasteiger partial charge in [-0.1, -0.05) is 0 Å². The van der Waals surface area contributed by atoms with Gasteiger partial charge in [0.25, 0.3) is 5.91 Å². The van der Waals surface area contributed by atoms with Crippen molar-refractivity contribution in [3.63, 3.8) is 0 Å². The highest BCUT2D eigenvalue weighted by Gasteiger charge is 2.39. The quantitative estimate of drug-likeness (QED) is 0.817. The molecular formula is C20H24N4OS. The van der Waals surface area contributed by atoms with E-state index >= 15 is 0 Å². The van der Waals surface area contributed by atoms with Crippen LogP contribution in [-0.4, -0.2) is 46.5 Å². The molecule has 5 heterocycles. The largest absolute Gasteiger partial charge is 0.353 e. The summed E-state index contributed by atoms with van der Waals surface area (Å²) in [5, 5.41) is 2.23. The first-order valence-electron chi connectivity index (χ1n) is 9.71. The molecule has 0 saturated carbocycles. The normalized spacial score (nSPS) is 25.1. The third-order valence-corrected chi connectivity index (χ3v) is 7.20. The van der Waals surface area contributed by atoms with E-state index < -0.39 is 0 Å². The maximum Gasteiger partial charge on any atom is 0.264 e. The predicted molar refractivity (Wildman–Crippen MR) is 103 cm³/mol. The zero-order valence-corrected chi connectivity index (χ0v) is 15.7. The molecule has 2 aromatic heterocycles. The van der Waals surface area contributed by atoms with Gasteiger partial charge in [0.2, 0.25) is 0 Å². The molecule has 0 aromatic carbocycles. The van der Waals surface area contributed by atoms with Gasteiger partial charge in [-0.25, -0.2) is 4.98 Å². The molecule has 2 aromatic rings. The summed E-state index contributed by atoms with van der Waals surface area (Å²) >= 11 is 1.67. The van der Waals surface area contributed by atoms with Gasteiger partial charge in [0.15, 0.2) is 0 Å². The number of thiophene rings is 1. The first kappa shape index (κ1) is 16.2. The number of aryl methyl sites for hydroxylation is 1. The zero-order valence-electron chi connectivity index (χ0n) is 14.9. The number of anilines is 1. The second-order valence-corrected chi connectivity index (χ2v) is 8.68. The van der Waals surface area contributed by atoms with Crippen LogP contribution in [0.2, 0.25) is 0 Å². The van der Waals surface area contributed by atoms with Crippen LogP contribution in [0.15, 0.2) is 24.0 Å². The van der Waals surface area contributed by atoms with Gasteiger partial charge in [0.1, 0.15) is 5.82 Å². The molecule has 2 atom stereocenters. The van der Waals surface area contributed by atoms with Gasteiger partial charge in [-0.2, -0.15) is 0 Å². The van der Waals surface area contributed by atoms with Crippen molar-refractivity contribution in [2.24, 2.45) is 5.92 Å². The number of nitrogens with zero attached hydrogens (tertiary/aromatic N) is 4. The minimum absolute atomic E-state index is 0.272. The van der Waals surface area contributed by atoms with Gasteiger partial charge < -0.3 is 9.80 Å². The highest BCUT2D eigenvalue weighted by molar-refractivity contribution is 7.12. The lowest BCUT2D eigenvalue weighted by atomic mass is 9.92. The minimum Gasteiger partial charge on any atom is -0.353 e. The van der Waals surface area contributed by atoms with Gasteiger partial charge in [0, 0.05) is 38.1 Å². The molecule has 1 amide bonds. The maximum atomic E-state index is 13.4. The van der Waals surface area contributed by atoms with Crippen molar-refractivity contribution in [3.05, 3.63) is 40.0 Å². The second-order valence-electron chi connectivity index (χ2n) is 7.80. The Hall–Kier alpha value is -1.95. The van der Waals surface area contributed by atoms with E-state index in [1.54, 1.807) is 23.7 Å². The van der Waals surface area contributed by atoms with E-state index in [1.165, 1.54) is 30.4 Å². The molecular weight excluding hydrogens is 344 g/mol. The summed E-state index contributed by atoms with van der Waals surface area (Å²) in [5.41, 5.74) is 2.77. The van der Waals surface area contributed by atoms with E-state index in [4.69, 9.17) is 0 Å². The van der Waals surface area contributed by atoms with Crippen LogP contribution < -0.4 is 4.90 Å². The Morgan fingerprint density at radius 3 is 2.92 bits per heavy atom. The molecule has 0 N–H and O–H groups in total. The van der Waals surface area contributed by atoms with E-state index in [9.17, 15) is 4.79 Å². The van der Waals surface area contributed by atoms with Gasteiger partial charge >= 0.3 is 0 Å². The van der Waals surface area contributed by atoms with E-state index in [0.717, 1.165) is 49.6 Å². The summed E-state index contributed by atoms with van der Waals surface area (Å²) in [6.45, 7) is 2.73. The van der Waals surface area contributed by atoms with E-state index in [2.05, 4.69) is 25.1 Å². The monoisotopic (exact) mass is 368 g/mol. The topological polar surface area (TPSA) is 49.3 Å². The van der Waals surface area contributed by atoms with Crippen LogP contribution in [0.5, 0.6) is 0 Å². The summed E-state index contributed by atoms with van der Waals surface area (Å²) < 4.78 is 0. The first-order chi connectivity index (χ1) is 12.8. The van der Waals surface area contributed by atoms with Gasteiger partial charge in [0.05, 0.1) is 11.1 Å². The minimum atomic E-state index is 0.272. The van der Waals surface area contributed by atoms with Crippen molar-refractivity contribution in [3.8, 4) is 0 Å². The number of piperidine rings is 1. The Morgan fingerprint density at radius 1 is 1.12 bits per heavy atom. The highest BCUT2D eigenvalue weighted by Crippen LogP contribution is 2.35. The van der Waals surface area contributed by atoms with Crippen molar-refractivity contribution in [2.45, 2.75) is 44.6 Å². The van der Waals surface area contributed by atoms with Crippen LogP contribution in [0, 0.1) is 5.92 Å². The van der Waals surface area contributed by atoms with Gasteiger partial charge in [-0.05, 0) is 60.9 Å². The molecule has 3 aliphatic heterocycles. The van der Waals surface area contributed by atoms with Gasteiger partial charge in [-0.15, -0.1) is 11.3 Å². The van der Waals surface area contributed by atoms with Crippen LogP contribution in [0.3, 0.4) is 0 Å². The molecule has 5 nitrogen and oxygen atoms in total. The van der Waals surface area contributed by atoms with Crippen LogP contribution in [0.1, 0.15) is 46.5 Å². The number of hydrogen-bond acceptors (Lipinski definition) is 5. The smallest absolute Gasteiger partial charge is 0.264 e. The average Bonchev–Trinajstić information content (AvgIpc) is 2.90. The Bertz CT molecular complexity index is 805. The van der Waals surface area contributed by atoms with E-state index in [0.29, 0.717) is 5.92 Å². The lowest BCUT2D eigenvalue weighted by Gasteiger charge is -2.36. The number of fused-ring (bicyclic) bond motifs is 5. The number of rotatable bonds is 2. The molecule has 1 aliphatic carbocycles. The number of carbonyl (C=O) groups excluding carboxylic acids is 1. The van der Waals surface area contributed by atoms with E-state index in [1.807, 2.05) is 6.20 Å². The van der Waals surface area contributed by atoms with Gasteiger partial charge in [-0.3, -0.25) is 9.78 Å². The van der Waals surface area contributed by atoms with Crippen molar-refractivity contribution >= 4 is 23.1 Å². The molecule has 3 saturated heterocycles. The maximum absolute atomic E-state index is 13.4. The lowest BCUT2D eigenvalue weighted by Crippen LogP contribution is -2.47. The molecule has 6 rings (SSSR count). The molecule has 2 bridgehead atoms. The summed E-state index contributed by atoms with van der Waals surface area (Å²) in [6.07, 6.45) is 12.3. The van der Waals surface area contributed by atoms with Crippen molar-refractivity contribution < 1.29 is 4.79 Å². The fourth-order valence-electron chi connectivity index (χ4n) is 4.80. The Balaban J connectivity index is 1.41. The molecule has 0 radical (unpaired) electrons. The Kier molecular flexibility index (Phi) is 4.15. The average molecular weight is 369 g/mol. The van der Waals surface area contributed by atoms with Crippen molar-refractivity contribution in [1.29, 1.82) is 0 Å². The molecule has 26 heavy (non-hydrogen) atoms. The summed E-state index contributed by atoms with van der Waals surface area (Å²) in [4.78, 5) is 27.6. The standard InChI is InChI=1S/C20H24N4OS/c25-20(19-17-4-2-1-3-15(17)13-26-19)24-11-14-5-6-16(24)12-23(10-14)18-9-21-7-8-22-18/h7-9,13-14,16H,1-6,10-12H2. The predicted octanol–water partition coefficient (Wildman–Crippen LogP) is 3.16.